The molecule has 0 radical (unpaired) electrons. The smallest absolute Gasteiger partial charge is 0.308 e. The summed E-state index contributed by atoms with van der Waals surface area (Å²) in [5.74, 6) is -3.78. The Morgan fingerprint density at radius 3 is 2.21 bits per heavy atom. The lowest BCUT2D eigenvalue weighted by Gasteiger charge is -2.04. The van der Waals surface area contributed by atoms with E-state index in [1.165, 1.54) is 0 Å². The van der Waals surface area contributed by atoms with Crippen molar-refractivity contribution in [1.29, 1.82) is 0 Å². The normalized spacial score (nSPS) is 9.64. The Morgan fingerprint density at radius 2 is 1.86 bits per heavy atom. The van der Waals surface area contributed by atoms with Crippen molar-refractivity contribution in [2.45, 2.75) is 6.92 Å². The zero-order valence-electron chi connectivity index (χ0n) is 7.21. The van der Waals surface area contributed by atoms with Gasteiger partial charge in [0.25, 0.3) is 0 Å². The van der Waals surface area contributed by atoms with E-state index in [0.717, 1.165) is 19.1 Å². The number of carbonyl (C=O) groups is 2. The van der Waals surface area contributed by atoms with Gasteiger partial charge < -0.3 is 4.74 Å². The molecule has 0 unspecified atom stereocenters. The number of hydrogen-bond donors (Lipinski definition) is 0. The Balaban J connectivity index is 3.17. The molecule has 3 nitrogen and oxygen atoms in total. The minimum Gasteiger partial charge on any atom is -0.420 e. The van der Waals surface area contributed by atoms with Crippen LogP contribution in [0.1, 0.15) is 17.3 Å². The second-order valence-corrected chi connectivity index (χ2v) is 2.53. The zero-order valence-corrected chi connectivity index (χ0v) is 7.21. The van der Waals surface area contributed by atoms with Gasteiger partial charge in [0.1, 0.15) is 6.29 Å². The second kappa shape index (κ2) is 3.95. The topological polar surface area (TPSA) is 43.4 Å². The summed E-state index contributed by atoms with van der Waals surface area (Å²) in [4.78, 5) is 20.7. The van der Waals surface area contributed by atoms with E-state index in [-0.39, 0.29) is 5.56 Å². The first-order valence-electron chi connectivity index (χ1n) is 3.67. The third-order valence-electron chi connectivity index (χ3n) is 1.40. The molecule has 0 heterocycles. The number of aldehydes is 1. The Kier molecular flexibility index (Phi) is 2.91. The maximum absolute atomic E-state index is 13.0. The molecule has 0 aliphatic carbocycles. The molecule has 1 aromatic carbocycles. The van der Waals surface area contributed by atoms with Gasteiger partial charge in [0.05, 0.1) is 0 Å². The van der Waals surface area contributed by atoms with E-state index in [4.69, 9.17) is 0 Å². The Morgan fingerprint density at radius 1 is 1.36 bits per heavy atom. The van der Waals surface area contributed by atoms with Gasteiger partial charge in [-0.05, 0) is 12.1 Å². The first-order valence-corrected chi connectivity index (χ1v) is 3.67. The fraction of sp³-hybridized carbons (Fsp3) is 0.111. The van der Waals surface area contributed by atoms with E-state index in [2.05, 4.69) is 4.74 Å². The zero-order chi connectivity index (χ0) is 10.7. The molecule has 5 heteroatoms. The number of ether oxygens (including phenoxy) is 1. The largest absolute Gasteiger partial charge is 0.420 e. The molecule has 74 valence electrons. The monoisotopic (exact) mass is 200 g/mol. The summed E-state index contributed by atoms with van der Waals surface area (Å²) in [7, 11) is 0. The molecule has 0 bridgehead atoms. The molecule has 0 spiro atoms. The summed E-state index contributed by atoms with van der Waals surface area (Å²) in [5, 5.41) is 0. The third-order valence-corrected chi connectivity index (χ3v) is 1.40. The number of benzene rings is 1. The van der Waals surface area contributed by atoms with Gasteiger partial charge in [-0.25, -0.2) is 8.78 Å². The van der Waals surface area contributed by atoms with Crippen molar-refractivity contribution in [2.24, 2.45) is 0 Å². The molecule has 1 rings (SSSR count). The Bertz CT molecular complexity index is 365. The summed E-state index contributed by atoms with van der Waals surface area (Å²) in [6.45, 7) is 1.02. The van der Waals surface area contributed by atoms with Crippen LogP contribution in [0.2, 0.25) is 0 Å². The van der Waals surface area contributed by atoms with Gasteiger partial charge in [-0.15, -0.1) is 0 Å². The van der Waals surface area contributed by atoms with Crippen LogP contribution in [0.15, 0.2) is 12.1 Å². The molecule has 0 aliphatic heterocycles. The molecule has 0 saturated carbocycles. The van der Waals surface area contributed by atoms with Crippen LogP contribution >= 0.6 is 0 Å². The number of halogens is 2. The van der Waals surface area contributed by atoms with Crippen LogP contribution in [-0.4, -0.2) is 12.3 Å². The van der Waals surface area contributed by atoms with Crippen molar-refractivity contribution < 1.29 is 23.1 Å². The maximum atomic E-state index is 13.0. The minimum atomic E-state index is -1.08. The van der Waals surface area contributed by atoms with Crippen molar-refractivity contribution in [3.05, 3.63) is 29.3 Å². The summed E-state index contributed by atoms with van der Waals surface area (Å²) in [6.07, 6.45) is 0.295. The molecular weight excluding hydrogens is 194 g/mol. The predicted octanol–water partition coefficient (Wildman–Crippen LogP) is 1.70. The van der Waals surface area contributed by atoms with Gasteiger partial charge >= 0.3 is 5.97 Å². The van der Waals surface area contributed by atoms with Crippen molar-refractivity contribution in [3.8, 4) is 5.75 Å². The highest BCUT2D eigenvalue weighted by Gasteiger charge is 2.14. The van der Waals surface area contributed by atoms with Gasteiger partial charge in [-0.1, -0.05) is 0 Å². The van der Waals surface area contributed by atoms with Crippen molar-refractivity contribution in [1.82, 2.24) is 0 Å². The minimum absolute atomic E-state index is 0.157. The molecular formula is C9H6F2O3. The first-order chi connectivity index (χ1) is 6.54. The number of rotatable bonds is 2. The average Bonchev–Trinajstić information content (AvgIpc) is 2.10. The Labute approximate surface area is 78.3 Å². The number of esters is 1. The van der Waals surface area contributed by atoms with Crippen LogP contribution in [0.3, 0.4) is 0 Å². The molecule has 1 aromatic rings. The van der Waals surface area contributed by atoms with E-state index >= 15 is 0 Å². The van der Waals surface area contributed by atoms with Gasteiger partial charge in [0, 0.05) is 12.5 Å². The lowest BCUT2D eigenvalue weighted by atomic mass is 10.2. The maximum Gasteiger partial charge on any atom is 0.308 e. The van der Waals surface area contributed by atoms with Gasteiger partial charge in [-0.2, -0.15) is 0 Å². The second-order valence-electron chi connectivity index (χ2n) is 2.53. The highest BCUT2D eigenvalue weighted by Crippen LogP contribution is 2.22. The quantitative estimate of drug-likeness (QED) is 0.414. The fourth-order valence-electron chi connectivity index (χ4n) is 0.889. The van der Waals surface area contributed by atoms with E-state index in [1.54, 1.807) is 0 Å². The average molecular weight is 200 g/mol. The van der Waals surface area contributed by atoms with Gasteiger partial charge in [0.2, 0.25) is 5.75 Å². The van der Waals surface area contributed by atoms with Crippen molar-refractivity contribution in [2.75, 3.05) is 0 Å². The summed E-state index contributed by atoms with van der Waals surface area (Å²) in [5.41, 5.74) is -0.157. The summed E-state index contributed by atoms with van der Waals surface area (Å²) in [6, 6.07) is 1.57. The third kappa shape index (κ3) is 2.12. The van der Waals surface area contributed by atoms with E-state index in [1.807, 2.05) is 0 Å². The van der Waals surface area contributed by atoms with Crippen LogP contribution in [0.25, 0.3) is 0 Å². The molecule has 0 N–H and O–H groups in total. The van der Waals surface area contributed by atoms with Crippen LogP contribution in [0.4, 0.5) is 8.78 Å². The van der Waals surface area contributed by atoms with Crippen LogP contribution in [0.5, 0.6) is 5.75 Å². The van der Waals surface area contributed by atoms with Crippen LogP contribution < -0.4 is 4.74 Å². The molecule has 0 fully saturated rings. The summed E-state index contributed by atoms with van der Waals surface area (Å²) >= 11 is 0. The lowest BCUT2D eigenvalue weighted by Crippen LogP contribution is -2.05. The van der Waals surface area contributed by atoms with Crippen molar-refractivity contribution >= 4 is 12.3 Å². The van der Waals surface area contributed by atoms with E-state index in [0.29, 0.717) is 6.29 Å². The highest BCUT2D eigenvalue weighted by atomic mass is 19.1. The van der Waals surface area contributed by atoms with Gasteiger partial charge in [0.15, 0.2) is 11.6 Å². The SMILES string of the molecule is CC(=O)Oc1c(F)cc(C=O)cc1F. The lowest BCUT2D eigenvalue weighted by molar-refractivity contribution is -0.132. The van der Waals surface area contributed by atoms with E-state index < -0.39 is 23.4 Å². The molecule has 0 amide bonds. The molecule has 0 saturated heterocycles. The molecule has 0 atom stereocenters. The first kappa shape index (κ1) is 10.3. The number of hydrogen-bond acceptors (Lipinski definition) is 3. The standard InChI is InChI=1S/C9H6F2O3/c1-5(13)14-9-7(10)2-6(4-12)3-8(9)11/h2-4H,1H3. The van der Waals surface area contributed by atoms with Crippen molar-refractivity contribution in [3.63, 3.8) is 0 Å². The molecule has 0 aliphatic rings. The predicted molar refractivity (Wildman–Crippen MR) is 43.1 cm³/mol. The van der Waals surface area contributed by atoms with E-state index in [9.17, 15) is 18.4 Å². The molecule has 14 heavy (non-hydrogen) atoms. The van der Waals surface area contributed by atoms with Crippen LogP contribution in [-0.2, 0) is 4.79 Å². The fourth-order valence-corrected chi connectivity index (χ4v) is 0.889. The van der Waals surface area contributed by atoms with Gasteiger partial charge in [-0.3, -0.25) is 9.59 Å². The summed E-state index contributed by atoms with van der Waals surface area (Å²) < 4.78 is 30.2. The highest BCUT2D eigenvalue weighted by molar-refractivity contribution is 5.76. The number of carbonyl (C=O) groups excluding carboxylic acids is 2. The van der Waals surface area contributed by atoms with Crippen LogP contribution in [0, 0.1) is 11.6 Å². The molecule has 0 aromatic heterocycles. The Hall–Kier alpha value is -1.78.